The van der Waals surface area contributed by atoms with E-state index in [4.69, 9.17) is 23.2 Å². The first kappa shape index (κ1) is 13.8. The standard InChI is InChI=1S/C10H12Cl2O3S/c1-6(16(2,14)15)10(13)8-4-3-7(11)5-9(8)12/h3-6,10,13H,1-2H3/t6-,10+/m1/s1. The van der Waals surface area contributed by atoms with Crippen molar-refractivity contribution in [2.24, 2.45) is 0 Å². The largest absolute Gasteiger partial charge is 0.387 e. The van der Waals surface area contributed by atoms with Gasteiger partial charge in [-0.2, -0.15) is 0 Å². The van der Waals surface area contributed by atoms with Crippen LogP contribution in [0, 0.1) is 0 Å². The van der Waals surface area contributed by atoms with Crippen molar-refractivity contribution in [1.82, 2.24) is 0 Å². The van der Waals surface area contributed by atoms with Crippen molar-refractivity contribution in [3.8, 4) is 0 Å². The van der Waals surface area contributed by atoms with Crippen LogP contribution in [0.4, 0.5) is 0 Å². The second kappa shape index (κ2) is 4.92. The summed E-state index contributed by atoms with van der Waals surface area (Å²) < 4.78 is 22.6. The van der Waals surface area contributed by atoms with Crippen molar-refractivity contribution in [3.63, 3.8) is 0 Å². The molecule has 2 atom stereocenters. The van der Waals surface area contributed by atoms with Crippen molar-refractivity contribution >= 4 is 33.0 Å². The number of aliphatic hydroxyl groups excluding tert-OH is 1. The highest BCUT2D eigenvalue weighted by atomic mass is 35.5. The normalized spacial score (nSPS) is 15.8. The maximum Gasteiger partial charge on any atom is 0.152 e. The number of sulfone groups is 1. The van der Waals surface area contributed by atoms with Crippen LogP contribution in [-0.2, 0) is 9.84 Å². The number of hydrogen-bond acceptors (Lipinski definition) is 3. The lowest BCUT2D eigenvalue weighted by molar-refractivity contribution is 0.176. The molecule has 0 bridgehead atoms. The molecular weight excluding hydrogens is 271 g/mol. The zero-order valence-corrected chi connectivity index (χ0v) is 11.1. The summed E-state index contributed by atoms with van der Waals surface area (Å²) in [5.74, 6) is 0. The maximum absolute atomic E-state index is 11.3. The predicted molar refractivity (Wildman–Crippen MR) is 65.7 cm³/mol. The van der Waals surface area contributed by atoms with E-state index in [0.29, 0.717) is 10.6 Å². The van der Waals surface area contributed by atoms with Crippen LogP contribution in [0.1, 0.15) is 18.6 Å². The van der Waals surface area contributed by atoms with Crippen LogP contribution in [0.5, 0.6) is 0 Å². The highest BCUT2D eigenvalue weighted by molar-refractivity contribution is 7.91. The van der Waals surface area contributed by atoms with Gasteiger partial charge in [0, 0.05) is 21.9 Å². The molecule has 16 heavy (non-hydrogen) atoms. The Balaban J connectivity index is 3.10. The average Bonchev–Trinajstić information content (AvgIpc) is 2.14. The van der Waals surface area contributed by atoms with Crippen LogP contribution >= 0.6 is 23.2 Å². The molecule has 1 N–H and O–H groups in total. The van der Waals surface area contributed by atoms with E-state index >= 15 is 0 Å². The molecule has 3 nitrogen and oxygen atoms in total. The molecule has 0 aliphatic rings. The van der Waals surface area contributed by atoms with Gasteiger partial charge in [0.15, 0.2) is 9.84 Å². The molecule has 0 aliphatic heterocycles. The van der Waals surface area contributed by atoms with E-state index in [1.165, 1.54) is 19.1 Å². The predicted octanol–water partition coefficient (Wildman–Crippen LogP) is 2.46. The average molecular weight is 283 g/mol. The zero-order chi connectivity index (χ0) is 12.5. The smallest absolute Gasteiger partial charge is 0.152 e. The first-order valence-electron chi connectivity index (χ1n) is 4.55. The lowest BCUT2D eigenvalue weighted by Gasteiger charge is -2.18. The van der Waals surface area contributed by atoms with E-state index in [0.717, 1.165) is 6.26 Å². The minimum Gasteiger partial charge on any atom is -0.387 e. The van der Waals surface area contributed by atoms with Crippen molar-refractivity contribution in [2.45, 2.75) is 18.3 Å². The first-order valence-corrected chi connectivity index (χ1v) is 7.26. The Hall–Kier alpha value is -0.290. The summed E-state index contributed by atoms with van der Waals surface area (Å²) in [6, 6.07) is 4.55. The van der Waals surface area contributed by atoms with E-state index in [-0.39, 0.29) is 5.02 Å². The molecule has 0 radical (unpaired) electrons. The molecule has 90 valence electrons. The monoisotopic (exact) mass is 282 g/mol. The summed E-state index contributed by atoms with van der Waals surface area (Å²) in [5.41, 5.74) is 0.365. The highest BCUT2D eigenvalue weighted by Crippen LogP contribution is 2.29. The van der Waals surface area contributed by atoms with Gasteiger partial charge in [-0.15, -0.1) is 0 Å². The Morgan fingerprint density at radius 3 is 2.31 bits per heavy atom. The van der Waals surface area contributed by atoms with Crippen molar-refractivity contribution in [2.75, 3.05) is 6.26 Å². The first-order chi connectivity index (χ1) is 7.23. The fourth-order valence-corrected chi connectivity index (χ4v) is 2.36. The fraction of sp³-hybridized carbons (Fsp3) is 0.400. The minimum atomic E-state index is -3.32. The topological polar surface area (TPSA) is 54.4 Å². The quantitative estimate of drug-likeness (QED) is 0.927. The maximum atomic E-state index is 11.3. The van der Waals surface area contributed by atoms with E-state index in [9.17, 15) is 13.5 Å². The summed E-state index contributed by atoms with van der Waals surface area (Å²) >= 11 is 11.6. The molecular formula is C10H12Cl2O3S. The zero-order valence-electron chi connectivity index (χ0n) is 8.81. The Bertz CT molecular complexity index is 485. The van der Waals surface area contributed by atoms with Crippen LogP contribution in [0.25, 0.3) is 0 Å². The summed E-state index contributed by atoms with van der Waals surface area (Å²) in [4.78, 5) is 0. The molecule has 0 aromatic heterocycles. The summed E-state index contributed by atoms with van der Waals surface area (Å²) in [7, 11) is -3.32. The van der Waals surface area contributed by atoms with Gasteiger partial charge in [-0.3, -0.25) is 0 Å². The molecule has 0 saturated heterocycles. The third kappa shape index (κ3) is 3.10. The molecule has 1 rings (SSSR count). The summed E-state index contributed by atoms with van der Waals surface area (Å²) in [6.07, 6.45) is -0.0789. The minimum absolute atomic E-state index is 0.260. The van der Waals surface area contributed by atoms with Crippen molar-refractivity contribution in [3.05, 3.63) is 33.8 Å². The Labute approximate surface area is 105 Å². The molecule has 1 aromatic rings. The van der Waals surface area contributed by atoms with Gasteiger partial charge in [-0.1, -0.05) is 29.3 Å². The lowest BCUT2D eigenvalue weighted by atomic mass is 10.1. The van der Waals surface area contributed by atoms with E-state index in [1.54, 1.807) is 6.07 Å². The fourth-order valence-electron chi connectivity index (χ4n) is 1.23. The third-order valence-corrected chi connectivity index (χ3v) is 4.57. The Morgan fingerprint density at radius 1 is 1.31 bits per heavy atom. The molecule has 0 heterocycles. The van der Waals surface area contributed by atoms with Gasteiger partial charge in [0.25, 0.3) is 0 Å². The molecule has 0 fully saturated rings. The number of rotatable bonds is 3. The molecule has 0 unspecified atom stereocenters. The van der Waals surface area contributed by atoms with Crippen LogP contribution in [0.3, 0.4) is 0 Å². The van der Waals surface area contributed by atoms with Crippen LogP contribution in [-0.4, -0.2) is 25.0 Å². The lowest BCUT2D eigenvalue weighted by Crippen LogP contribution is -2.24. The molecule has 0 spiro atoms. The van der Waals surface area contributed by atoms with Crippen LogP contribution in [0.15, 0.2) is 18.2 Å². The van der Waals surface area contributed by atoms with Gasteiger partial charge in [0.2, 0.25) is 0 Å². The second-order valence-corrected chi connectivity index (χ2v) is 6.89. The van der Waals surface area contributed by atoms with Crippen LogP contribution < -0.4 is 0 Å². The van der Waals surface area contributed by atoms with Crippen LogP contribution in [0.2, 0.25) is 10.0 Å². The highest BCUT2D eigenvalue weighted by Gasteiger charge is 2.26. The van der Waals surface area contributed by atoms with Gasteiger partial charge in [0.1, 0.15) is 0 Å². The van der Waals surface area contributed by atoms with Crippen molar-refractivity contribution in [1.29, 1.82) is 0 Å². The van der Waals surface area contributed by atoms with Gasteiger partial charge < -0.3 is 5.11 Å². The number of benzene rings is 1. The number of aliphatic hydroxyl groups is 1. The van der Waals surface area contributed by atoms with Gasteiger partial charge in [0.05, 0.1) is 11.4 Å². The SMILES string of the molecule is C[C@H]([C@H](O)c1ccc(Cl)cc1Cl)S(C)(=O)=O. The Morgan fingerprint density at radius 2 is 1.88 bits per heavy atom. The molecule has 0 amide bonds. The van der Waals surface area contributed by atoms with Gasteiger partial charge in [-0.25, -0.2) is 8.42 Å². The number of hydrogen-bond donors (Lipinski definition) is 1. The molecule has 0 saturated carbocycles. The van der Waals surface area contributed by atoms with Gasteiger partial charge in [-0.05, 0) is 19.1 Å². The Kier molecular flexibility index (Phi) is 4.23. The number of halogens is 2. The van der Waals surface area contributed by atoms with Gasteiger partial charge >= 0.3 is 0 Å². The van der Waals surface area contributed by atoms with E-state index in [1.807, 2.05) is 0 Å². The summed E-state index contributed by atoms with van der Waals surface area (Å²) in [5, 5.41) is 9.68. The summed E-state index contributed by atoms with van der Waals surface area (Å²) in [6.45, 7) is 1.44. The third-order valence-electron chi connectivity index (χ3n) is 2.40. The van der Waals surface area contributed by atoms with E-state index < -0.39 is 21.2 Å². The molecule has 1 aromatic carbocycles. The molecule has 6 heteroatoms. The van der Waals surface area contributed by atoms with E-state index in [2.05, 4.69) is 0 Å². The van der Waals surface area contributed by atoms with Crippen molar-refractivity contribution < 1.29 is 13.5 Å². The molecule has 0 aliphatic carbocycles. The second-order valence-electron chi connectivity index (χ2n) is 3.65.